The summed E-state index contributed by atoms with van der Waals surface area (Å²) >= 11 is 0. The van der Waals surface area contributed by atoms with Gasteiger partial charge in [-0.3, -0.25) is 14.9 Å². The Kier molecular flexibility index (Phi) is 5.54. The van der Waals surface area contributed by atoms with Gasteiger partial charge in [0.1, 0.15) is 0 Å². The fourth-order valence-corrected chi connectivity index (χ4v) is 5.15. The standard InChI is InChI=1S/C16H22N4O5S/c21-16(18-10-7-17-8-11-18)13-4-3-9-19(12-13)26(24,25)15-6-2-1-5-14(15)20(22)23/h1-2,5-6,13,17H,3-4,7-12H2. The number of piperidine rings is 1. The second kappa shape index (κ2) is 7.68. The van der Waals surface area contributed by atoms with Gasteiger partial charge in [-0.25, -0.2) is 8.42 Å². The molecule has 2 saturated heterocycles. The number of piperazine rings is 1. The Labute approximate surface area is 152 Å². The van der Waals surface area contributed by atoms with E-state index in [1.54, 1.807) is 4.90 Å². The first-order valence-corrected chi connectivity index (χ1v) is 10.1. The summed E-state index contributed by atoms with van der Waals surface area (Å²) in [5.74, 6) is -0.437. The van der Waals surface area contributed by atoms with Gasteiger partial charge in [-0.2, -0.15) is 4.31 Å². The van der Waals surface area contributed by atoms with Crippen molar-refractivity contribution in [3.05, 3.63) is 34.4 Å². The largest absolute Gasteiger partial charge is 0.340 e. The SMILES string of the molecule is O=C(C1CCCN(S(=O)(=O)c2ccccc2[N+](=O)[O-])C1)N1CCNCC1. The topological polar surface area (TPSA) is 113 Å². The minimum Gasteiger partial charge on any atom is -0.340 e. The third-order valence-electron chi connectivity index (χ3n) is 4.84. The number of benzene rings is 1. The van der Waals surface area contributed by atoms with Gasteiger partial charge in [0.15, 0.2) is 4.90 Å². The Bertz CT molecular complexity index is 792. The second-order valence-corrected chi connectivity index (χ2v) is 8.41. The summed E-state index contributed by atoms with van der Waals surface area (Å²) in [6, 6.07) is 5.33. The molecule has 26 heavy (non-hydrogen) atoms. The highest BCUT2D eigenvalue weighted by Gasteiger charge is 2.37. The highest BCUT2D eigenvalue weighted by atomic mass is 32.2. The van der Waals surface area contributed by atoms with Gasteiger partial charge >= 0.3 is 0 Å². The van der Waals surface area contributed by atoms with Crippen LogP contribution in [-0.4, -0.2) is 67.7 Å². The molecule has 0 aromatic heterocycles. The van der Waals surface area contributed by atoms with Crippen LogP contribution in [0.2, 0.25) is 0 Å². The van der Waals surface area contributed by atoms with Crippen LogP contribution >= 0.6 is 0 Å². The molecule has 2 aliphatic heterocycles. The summed E-state index contributed by atoms with van der Waals surface area (Å²) in [6.45, 7) is 3.03. The summed E-state index contributed by atoms with van der Waals surface area (Å²) in [4.78, 5) is 24.6. The van der Waals surface area contributed by atoms with E-state index in [2.05, 4.69) is 5.32 Å². The van der Waals surface area contributed by atoms with E-state index >= 15 is 0 Å². The lowest BCUT2D eigenvalue weighted by atomic mass is 9.98. The number of nitrogens with one attached hydrogen (secondary N) is 1. The molecule has 1 N–H and O–H groups in total. The van der Waals surface area contributed by atoms with Gasteiger partial charge in [0.2, 0.25) is 15.9 Å². The minimum atomic E-state index is -4.03. The number of rotatable bonds is 4. The Morgan fingerprint density at radius 1 is 1.19 bits per heavy atom. The predicted molar refractivity (Wildman–Crippen MR) is 94.0 cm³/mol. The quantitative estimate of drug-likeness (QED) is 0.597. The van der Waals surface area contributed by atoms with Gasteiger partial charge in [0.25, 0.3) is 5.69 Å². The van der Waals surface area contributed by atoms with Gasteiger partial charge in [-0.05, 0) is 18.9 Å². The summed E-state index contributed by atoms with van der Waals surface area (Å²) in [7, 11) is -4.03. The third kappa shape index (κ3) is 3.71. The van der Waals surface area contributed by atoms with Crippen LogP contribution in [0, 0.1) is 16.0 Å². The molecule has 2 heterocycles. The number of nitro benzene ring substituents is 1. The maximum Gasteiger partial charge on any atom is 0.289 e. The molecule has 0 radical (unpaired) electrons. The van der Waals surface area contributed by atoms with Gasteiger partial charge in [0, 0.05) is 45.3 Å². The number of sulfonamides is 1. The summed E-state index contributed by atoms with van der Waals surface area (Å²) < 4.78 is 27.1. The molecule has 1 aromatic carbocycles. The van der Waals surface area contributed by atoms with Crippen molar-refractivity contribution in [2.75, 3.05) is 39.3 Å². The fraction of sp³-hybridized carbons (Fsp3) is 0.562. The first-order valence-electron chi connectivity index (χ1n) is 8.64. The van der Waals surface area contributed by atoms with E-state index in [1.807, 2.05) is 0 Å². The van der Waals surface area contributed by atoms with Crippen LogP contribution in [0.3, 0.4) is 0 Å². The van der Waals surface area contributed by atoms with E-state index in [0.29, 0.717) is 25.9 Å². The van der Waals surface area contributed by atoms with E-state index in [0.717, 1.165) is 13.1 Å². The van der Waals surface area contributed by atoms with Crippen molar-refractivity contribution < 1.29 is 18.1 Å². The molecule has 1 atom stereocenters. The Morgan fingerprint density at radius 2 is 1.88 bits per heavy atom. The second-order valence-electron chi connectivity index (χ2n) is 6.50. The molecule has 1 amide bonds. The molecule has 2 fully saturated rings. The Balaban J connectivity index is 1.80. The number of hydrogen-bond acceptors (Lipinski definition) is 6. The van der Waals surface area contributed by atoms with Crippen molar-refractivity contribution in [2.24, 2.45) is 5.92 Å². The van der Waals surface area contributed by atoms with Crippen molar-refractivity contribution >= 4 is 21.6 Å². The molecule has 0 spiro atoms. The molecule has 0 saturated carbocycles. The molecule has 0 aliphatic carbocycles. The molecular formula is C16H22N4O5S. The van der Waals surface area contributed by atoms with Crippen LogP contribution in [0.5, 0.6) is 0 Å². The van der Waals surface area contributed by atoms with Gasteiger partial charge in [-0.15, -0.1) is 0 Å². The van der Waals surface area contributed by atoms with Crippen LogP contribution in [0.1, 0.15) is 12.8 Å². The monoisotopic (exact) mass is 382 g/mol. The van der Waals surface area contributed by atoms with Crippen molar-refractivity contribution in [3.8, 4) is 0 Å². The number of amides is 1. The number of para-hydroxylation sites is 1. The fourth-order valence-electron chi connectivity index (χ4n) is 3.47. The molecule has 2 aliphatic rings. The lowest BCUT2D eigenvalue weighted by Crippen LogP contribution is -2.51. The zero-order valence-electron chi connectivity index (χ0n) is 14.3. The Hall–Kier alpha value is -2.04. The van der Waals surface area contributed by atoms with Gasteiger partial charge in [0.05, 0.1) is 10.8 Å². The lowest BCUT2D eigenvalue weighted by Gasteiger charge is -2.35. The molecule has 3 rings (SSSR count). The number of carbonyl (C=O) groups is 1. The zero-order valence-corrected chi connectivity index (χ0v) is 15.2. The molecule has 1 unspecified atom stereocenters. The van der Waals surface area contributed by atoms with Crippen molar-refractivity contribution in [1.82, 2.24) is 14.5 Å². The number of nitro groups is 1. The summed E-state index contributed by atoms with van der Waals surface area (Å²) in [6.07, 6.45) is 1.19. The molecular weight excluding hydrogens is 360 g/mol. The number of carbonyl (C=O) groups excluding carboxylic acids is 1. The maximum absolute atomic E-state index is 12.9. The minimum absolute atomic E-state index is 0.0334. The van der Waals surface area contributed by atoms with Crippen molar-refractivity contribution in [2.45, 2.75) is 17.7 Å². The van der Waals surface area contributed by atoms with E-state index in [9.17, 15) is 23.3 Å². The summed E-state index contributed by atoms with van der Waals surface area (Å²) in [5, 5.41) is 14.4. The van der Waals surface area contributed by atoms with E-state index in [4.69, 9.17) is 0 Å². The van der Waals surface area contributed by atoms with Crippen LogP contribution in [0.25, 0.3) is 0 Å². The predicted octanol–water partition coefficient (Wildman–Crippen LogP) is 0.427. The van der Waals surface area contributed by atoms with Gasteiger partial charge < -0.3 is 10.2 Å². The first kappa shape index (κ1) is 18.7. The van der Waals surface area contributed by atoms with Crippen LogP contribution in [0.4, 0.5) is 5.69 Å². The maximum atomic E-state index is 12.9. The molecule has 9 nitrogen and oxygen atoms in total. The average Bonchev–Trinajstić information content (AvgIpc) is 2.68. The summed E-state index contributed by atoms with van der Waals surface area (Å²) in [5.41, 5.74) is -0.442. The lowest BCUT2D eigenvalue weighted by molar-refractivity contribution is -0.387. The molecule has 10 heteroatoms. The van der Waals surface area contributed by atoms with E-state index < -0.39 is 26.6 Å². The van der Waals surface area contributed by atoms with Crippen molar-refractivity contribution in [1.29, 1.82) is 0 Å². The first-order chi connectivity index (χ1) is 12.4. The van der Waals surface area contributed by atoms with Gasteiger partial charge in [-0.1, -0.05) is 12.1 Å². The smallest absolute Gasteiger partial charge is 0.289 e. The van der Waals surface area contributed by atoms with E-state index in [1.165, 1.54) is 28.6 Å². The average molecular weight is 382 g/mol. The van der Waals surface area contributed by atoms with Crippen molar-refractivity contribution in [3.63, 3.8) is 0 Å². The van der Waals surface area contributed by atoms with E-state index in [-0.39, 0.29) is 23.9 Å². The highest BCUT2D eigenvalue weighted by Crippen LogP contribution is 2.30. The normalized spacial score (nSPS) is 22.2. The molecule has 142 valence electrons. The molecule has 1 aromatic rings. The highest BCUT2D eigenvalue weighted by molar-refractivity contribution is 7.89. The zero-order chi connectivity index (χ0) is 18.7. The van der Waals surface area contributed by atoms with Crippen LogP contribution in [0.15, 0.2) is 29.2 Å². The number of hydrogen-bond donors (Lipinski definition) is 1. The Morgan fingerprint density at radius 3 is 2.58 bits per heavy atom. The molecule has 0 bridgehead atoms. The van der Waals surface area contributed by atoms with Crippen LogP contribution in [-0.2, 0) is 14.8 Å². The number of nitrogens with zero attached hydrogens (tertiary/aromatic N) is 3. The van der Waals surface area contributed by atoms with Crippen LogP contribution < -0.4 is 5.32 Å². The third-order valence-corrected chi connectivity index (χ3v) is 6.75.